The molecule has 0 spiro atoms. The quantitative estimate of drug-likeness (QED) is 0.626. The van der Waals surface area contributed by atoms with Crippen LogP contribution >= 0.6 is 0 Å². The van der Waals surface area contributed by atoms with Crippen molar-refractivity contribution >= 4 is 11.9 Å². The van der Waals surface area contributed by atoms with E-state index in [2.05, 4.69) is 0 Å². The van der Waals surface area contributed by atoms with Crippen LogP contribution in [0, 0.1) is 11.3 Å². The number of nitriles is 1. The maximum absolute atomic E-state index is 12.3. The Morgan fingerprint density at radius 2 is 2.04 bits per heavy atom. The summed E-state index contributed by atoms with van der Waals surface area (Å²) in [7, 11) is 0. The topological polar surface area (TPSA) is 68.5 Å². The molecule has 0 amide bonds. The van der Waals surface area contributed by atoms with Gasteiger partial charge in [0.05, 0.1) is 0 Å². The maximum Gasteiger partial charge on any atom is 0.231 e. The fourth-order valence-electron chi connectivity index (χ4n) is 2.17. The first-order valence-corrected chi connectivity index (χ1v) is 6.99. The van der Waals surface area contributed by atoms with Crippen molar-refractivity contribution in [3.8, 4) is 23.3 Å². The first-order valence-electron chi connectivity index (χ1n) is 6.99. The van der Waals surface area contributed by atoms with Crippen LogP contribution < -0.4 is 14.2 Å². The monoisotopic (exact) mass is 307 g/mol. The summed E-state index contributed by atoms with van der Waals surface area (Å²) in [6.45, 7) is 0.132. The summed E-state index contributed by atoms with van der Waals surface area (Å²) in [6, 6.07) is 14.2. The number of fused-ring (bicyclic) bond motifs is 1. The largest absolute Gasteiger partial charge is 0.478 e. The first-order chi connectivity index (χ1) is 11.3. The molecule has 0 aliphatic carbocycles. The van der Waals surface area contributed by atoms with E-state index in [4.69, 9.17) is 19.5 Å². The number of hydrogen-bond acceptors (Lipinski definition) is 5. The van der Waals surface area contributed by atoms with Crippen LogP contribution in [0.2, 0.25) is 0 Å². The highest BCUT2D eigenvalue weighted by atomic mass is 16.7. The molecule has 0 aromatic heterocycles. The number of allylic oxidation sites excluding steroid dienone is 1. The van der Waals surface area contributed by atoms with Gasteiger partial charge in [0, 0.05) is 11.1 Å². The number of nitrogens with zero attached hydrogens (tertiary/aromatic N) is 1. The lowest BCUT2D eigenvalue weighted by molar-refractivity contribution is 0.104. The summed E-state index contributed by atoms with van der Waals surface area (Å²) in [5, 5.41) is 8.59. The van der Waals surface area contributed by atoms with Gasteiger partial charge in [-0.2, -0.15) is 5.26 Å². The normalized spacial score (nSPS) is 12.1. The smallest absolute Gasteiger partial charge is 0.231 e. The molecule has 2 aromatic rings. The van der Waals surface area contributed by atoms with Crippen molar-refractivity contribution in [1.29, 1.82) is 5.26 Å². The third kappa shape index (κ3) is 3.33. The SMILES string of the molecule is N#CCOc1ccccc1/C=C/C(=O)c1ccc2c(c1)OCO2. The third-order valence-electron chi connectivity index (χ3n) is 3.28. The minimum Gasteiger partial charge on any atom is -0.478 e. The molecule has 23 heavy (non-hydrogen) atoms. The van der Waals surface area contributed by atoms with Crippen LogP contribution in [0.25, 0.3) is 6.08 Å². The predicted octanol–water partition coefficient (Wildman–Crippen LogP) is 3.21. The molecular weight excluding hydrogens is 294 g/mol. The van der Waals surface area contributed by atoms with Crippen molar-refractivity contribution in [3.63, 3.8) is 0 Å². The van der Waals surface area contributed by atoms with E-state index in [0.29, 0.717) is 22.8 Å². The minimum absolute atomic E-state index is 0.0407. The number of carbonyl (C=O) groups is 1. The van der Waals surface area contributed by atoms with Gasteiger partial charge in [-0.1, -0.05) is 18.2 Å². The summed E-state index contributed by atoms with van der Waals surface area (Å²) in [5.41, 5.74) is 1.25. The molecule has 1 aliphatic rings. The van der Waals surface area contributed by atoms with Gasteiger partial charge in [-0.15, -0.1) is 0 Å². The van der Waals surface area contributed by atoms with E-state index in [-0.39, 0.29) is 19.2 Å². The Bertz CT molecular complexity index is 805. The molecule has 0 N–H and O–H groups in total. The van der Waals surface area contributed by atoms with Gasteiger partial charge in [0.15, 0.2) is 23.9 Å². The molecule has 0 atom stereocenters. The Kier molecular flexibility index (Phi) is 4.25. The van der Waals surface area contributed by atoms with E-state index in [1.807, 2.05) is 24.3 Å². The molecular formula is C18H13NO4. The Balaban J connectivity index is 1.78. The second kappa shape index (κ2) is 6.67. The highest BCUT2D eigenvalue weighted by Crippen LogP contribution is 2.32. The third-order valence-corrected chi connectivity index (χ3v) is 3.28. The van der Waals surface area contributed by atoms with Crippen LogP contribution in [0.15, 0.2) is 48.5 Å². The molecule has 0 bridgehead atoms. The van der Waals surface area contributed by atoms with E-state index in [1.165, 1.54) is 6.08 Å². The second-order valence-electron chi connectivity index (χ2n) is 4.75. The van der Waals surface area contributed by atoms with E-state index in [1.54, 1.807) is 30.3 Å². The van der Waals surface area contributed by atoms with Crippen LogP contribution in [-0.2, 0) is 0 Å². The number of rotatable bonds is 5. The van der Waals surface area contributed by atoms with Crippen molar-refractivity contribution < 1.29 is 19.0 Å². The molecule has 114 valence electrons. The van der Waals surface area contributed by atoms with E-state index in [0.717, 1.165) is 5.56 Å². The number of carbonyl (C=O) groups excluding carboxylic acids is 1. The Morgan fingerprint density at radius 3 is 2.91 bits per heavy atom. The lowest BCUT2D eigenvalue weighted by Crippen LogP contribution is -1.96. The standard InChI is InChI=1S/C18H13NO4/c19-9-10-21-16-4-2-1-3-13(16)5-7-15(20)14-6-8-17-18(11-14)23-12-22-17/h1-8,11H,10,12H2/b7-5+. The van der Waals surface area contributed by atoms with Gasteiger partial charge in [-0.25, -0.2) is 0 Å². The molecule has 0 saturated carbocycles. The van der Waals surface area contributed by atoms with Crippen molar-refractivity contribution in [2.45, 2.75) is 0 Å². The van der Waals surface area contributed by atoms with Gasteiger partial charge in [-0.05, 0) is 36.4 Å². The van der Waals surface area contributed by atoms with Crippen molar-refractivity contribution in [2.75, 3.05) is 13.4 Å². The average molecular weight is 307 g/mol. The Labute approximate surface area is 133 Å². The maximum atomic E-state index is 12.3. The van der Waals surface area contributed by atoms with Gasteiger partial charge in [0.2, 0.25) is 6.79 Å². The molecule has 5 nitrogen and oxygen atoms in total. The van der Waals surface area contributed by atoms with Gasteiger partial charge in [0.1, 0.15) is 11.8 Å². The number of hydrogen-bond donors (Lipinski definition) is 0. The fourth-order valence-corrected chi connectivity index (χ4v) is 2.17. The van der Waals surface area contributed by atoms with Crippen LogP contribution in [-0.4, -0.2) is 19.2 Å². The average Bonchev–Trinajstić information content (AvgIpc) is 3.06. The van der Waals surface area contributed by atoms with E-state index >= 15 is 0 Å². The van der Waals surface area contributed by atoms with Gasteiger partial charge in [-0.3, -0.25) is 4.79 Å². The van der Waals surface area contributed by atoms with E-state index < -0.39 is 0 Å². The van der Waals surface area contributed by atoms with E-state index in [9.17, 15) is 4.79 Å². The molecule has 1 aliphatic heterocycles. The molecule has 0 fully saturated rings. The summed E-state index contributed by atoms with van der Waals surface area (Å²) in [5.74, 6) is 1.62. The number of ether oxygens (including phenoxy) is 3. The zero-order valence-corrected chi connectivity index (χ0v) is 12.2. The Hall–Kier alpha value is -3.26. The number of ketones is 1. The molecule has 2 aromatic carbocycles. The van der Waals surface area contributed by atoms with Crippen LogP contribution in [0.1, 0.15) is 15.9 Å². The molecule has 0 radical (unpaired) electrons. The molecule has 1 heterocycles. The zero-order chi connectivity index (χ0) is 16.1. The fraction of sp³-hybridized carbons (Fsp3) is 0.111. The van der Waals surface area contributed by atoms with Gasteiger partial charge in [0.25, 0.3) is 0 Å². The highest BCUT2D eigenvalue weighted by Gasteiger charge is 2.15. The summed E-state index contributed by atoms with van der Waals surface area (Å²) < 4.78 is 15.8. The summed E-state index contributed by atoms with van der Waals surface area (Å²) in [6.07, 6.45) is 3.13. The number of para-hydroxylation sites is 1. The Morgan fingerprint density at radius 1 is 1.22 bits per heavy atom. The zero-order valence-electron chi connectivity index (χ0n) is 12.2. The molecule has 0 unspecified atom stereocenters. The predicted molar refractivity (Wildman–Crippen MR) is 83.5 cm³/mol. The molecule has 5 heteroatoms. The second-order valence-corrected chi connectivity index (χ2v) is 4.75. The number of benzene rings is 2. The van der Waals surface area contributed by atoms with Crippen LogP contribution in [0.3, 0.4) is 0 Å². The molecule has 0 saturated heterocycles. The van der Waals surface area contributed by atoms with Gasteiger partial charge < -0.3 is 14.2 Å². The van der Waals surface area contributed by atoms with Crippen molar-refractivity contribution in [1.82, 2.24) is 0 Å². The first kappa shape index (κ1) is 14.7. The highest BCUT2D eigenvalue weighted by molar-refractivity contribution is 6.07. The molecule has 3 rings (SSSR count). The van der Waals surface area contributed by atoms with Gasteiger partial charge >= 0.3 is 0 Å². The minimum atomic E-state index is -0.154. The lowest BCUT2D eigenvalue weighted by atomic mass is 10.1. The summed E-state index contributed by atoms with van der Waals surface area (Å²) in [4.78, 5) is 12.3. The van der Waals surface area contributed by atoms with Crippen LogP contribution in [0.4, 0.5) is 0 Å². The van der Waals surface area contributed by atoms with Crippen molar-refractivity contribution in [3.05, 3.63) is 59.7 Å². The van der Waals surface area contributed by atoms with Crippen LogP contribution in [0.5, 0.6) is 17.2 Å². The van der Waals surface area contributed by atoms with Crippen molar-refractivity contribution in [2.24, 2.45) is 0 Å². The lowest BCUT2D eigenvalue weighted by Gasteiger charge is -2.05. The summed E-state index contributed by atoms with van der Waals surface area (Å²) >= 11 is 0.